The number of aryl methyl sites for hydroxylation is 1. The van der Waals surface area contributed by atoms with Crippen molar-refractivity contribution in [2.45, 2.75) is 52.2 Å². The van der Waals surface area contributed by atoms with Gasteiger partial charge in [0, 0.05) is 24.0 Å². The molecule has 0 spiro atoms. The summed E-state index contributed by atoms with van der Waals surface area (Å²) in [6.45, 7) is 5.34. The Balaban J connectivity index is 2.06. The van der Waals surface area contributed by atoms with Gasteiger partial charge in [0.05, 0.1) is 11.9 Å². The van der Waals surface area contributed by atoms with Crippen molar-refractivity contribution in [3.63, 3.8) is 0 Å². The molecule has 7 nitrogen and oxygen atoms in total. The summed E-state index contributed by atoms with van der Waals surface area (Å²) >= 11 is 6.47. The molecule has 3 aromatic rings. The molecule has 3 aromatic carbocycles. The highest BCUT2D eigenvalue weighted by Crippen LogP contribution is 2.23. The van der Waals surface area contributed by atoms with Crippen LogP contribution in [-0.2, 0) is 32.6 Å². The Bertz CT molecular complexity index is 1360. The first kappa shape index (κ1) is 30.2. The molecule has 0 aliphatic rings. The Morgan fingerprint density at radius 1 is 0.949 bits per heavy atom. The molecule has 0 aliphatic heterocycles. The molecule has 0 heterocycles. The summed E-state index contributed by atoms with van der Waals surface area (Å²) in [7, 11) is -3.81. The van der Waals surface area contributed by atoms with Gasteiger partial charge in [0.1, 0.15) is 12.6 Å². The lowest BCUT2D eigenvalue weighted by atomic mass is 10.0. The van der Waals surface area contributed by atoms with Crippen LogP contribution < -0.4 is 9.62 Å². The number of nitrogens with one attached hydrogen (secondary N) is 1. The van der Waals surface area contributed by atoms with Crippen molar-refractivity contribution in [2.24, 2.45) is 0 Å². The van der Waals surface area contributed by atoms with Gasteiger partial charge >= 0.3 is 0 Å². The van der Waals surface area contributed by atoms with Gasteiger partial charge in [0.15, 0.2) is 0 Å². The van der Waals surface area contributed by atoms with Crippen molar-refractivity contribution in [3.05, 3.63) is 101 Å². The quantitative estimate of drug-likeness (QED) is 0.334. The highest BCUT2D eigenvalue weighted by molar-refractivity contribution is 7.92. The molecule has 0 bridgehead atoms. The molecular weight excluding hydrogens is 534 g/mol. The zero-order chi connectivity index (χ0) is 28.6. The van der Waals surface area contributed by atoms with Gasteiger partial charge in [0.25, 0.3) is 0 Å². The predicted octanol–water partition coefficient (Wildman–Crippen LogP) is 4.97. The zero-order valence-electron chi connectivity index (χ0n) is 22.8. The maximum atomic E-state index is 14.0. The smallest absolute Gasteiger partial charge is 0.244 e. The standard InChI is InChI=1S/C30H36ClN3O4S/c1-5-23(3)32-30(36)28(19-24-11-7-6-8-12-24)33(20-25-13-9-10-14-27(25)31)29(35)21-34(39(4,37)38)26-17-15-22(2)16-18-26/h6-18,23,28H,5,19-21H2,1-4H3,(H,32,36)/t23-,28-/m0/s1. The molecule has 39 heavy (non-hydrogen) atoms. The number of rotatable bonds is 12. The van der Waals surface area contributed by atoms with Gasteiger partial charge in [-0.25, -0.2) is 8.42 Å². The number of sulfonamides is 1. The number of amides is 2. The monoisotopic (exact) mass is 569 g/mol. The van der Waals surface area contributed by atoms with E-state index in [1.807, 2.05) is 57.2 Å². The lowest BCUT2D eigenvalue weighted by molar-refractivity contribution is -0.140. The lowest BCUT2D eigenvalue weighted by Crippen LogP contribution is -2.54. The molecule has 0 unspecified atom stereocenters. The van der Waals surface area contributed by atoms with E-state index in [4.69, 9.17) is 11.6 Å². The van der Waals surface area contributed by atoms with Crippen LogP contribution in [0.25, 0.3) is 0 Å². The van der Waals surface area contributed by atoms with E-state index in [1.54, 1.807) is 42.5 Å². The minimum atomic E-state index is -3.81. The molecule has 0 fully saturated rings. The molecule has 3 rings (SSSR count). The first-order valence-corrected chi connectivity index (χ1v) is 15.1. The third-order valence-corrected chi connectivity index (χ3v) is 8.08. The highest BCUT2D eigenvalue weighted by Gasteiger charge is 2.33. The first-order valence-electron chi connectivity index (χ1n) is 12.9. The predicted molar refractivity (Wildman–Crippen MR) is 157 cm³/mol. The van der Waals surface area contributed by atoms with E-state index in [9.17, 15) is 18.0 Å². The molecule has 9 heteroatoms. The van der Waals surface area contributed by atoms with Gasteiger partial charge in [-0.15, -0.1) is 0 Å². The molecule has 2 atom stereocenters. The fourth-order valence-electron chi connectivity index (χ4n) is 4.13. The maximum Gasteiger partial charge on any atom is 0.244 e. The molecule has 2 amide bonds. The molecule has 0 aliphatic carbocycles. The highest BCUT2D eigenvalue weighted by atomic mass is 35.5. The van der Waals surface area contributed by atoms with Crippen LogP contribution in [0.4, 0.5) is 5.69 Å². The fraction of sp³-hybridized carbons (Fsp3) is 0.333. The van der Waals surface area contributed by atoms with Crippen LogP contribution in [0.15, 0.2) is 78.9 Å². The fourth-order valence-corrected chi connectivity index (χ4v) is 5.18. The van der Waals surface area contributed by atoms with Crippen LogP contribution in [-0.4, -0.2) is 50.0 Å². The van der Waals surface area contributed by atoms with Crippen LogP contribution in [0.3, 0.4) is 0 Å². The van der Waals surface area contributed by atoms with Gasteiger partial charge in [-0.1, -0.05) is 84.8 Å². The molecule has 0 saturated heterocycles. The van der Waals surface area contributed by atoms with Crippen molar-refractivity contribution in [3.8, 4) is 0 Å². The van der Waals surface area contributed by atoms with Crippen molar-refractivity contribution in [1.82, 2.24) is 10.2 Å². The van der Waals surface area contributed by atoms with Gasteiger partial charge in [-0.05, 0) is 49.6 Å². The van der Waals surface area contributed by atoms with E-state index < -0.39 is 28.5 Å². The number of carbonyl (C=O) groups excluding carboxylic acids is 2. The average molecular weight is 570 g/mol. The summed E-state index contributed by atoms with van der Waals surface area (Å²) in [4.78, 5) is 29.1. The Labute approximate surface area is 236 Å². The van der Waals surface area contributed by atoms with E-state index in [-0.39, 0.29) is 24.9 Å². The van der Waals surface area contributed by atoms with Gasteiger partial charge in [0.2, 0.25) is 21.8 Å². The van der Waals surface area contributed by atoms with E-state index in [0.29, 0.717) is 16.3 Å². The summed E-state index contributed by atoms with van der Waals surface area (Å²) in [6.07, 6.45) is 2.04. The largest absolute Gasteiger partial charge is 0.352 e. The van der Waals surface area contributed by atoms with Crippen molar-refractivity contribution in [2.75, 3.05) is 17.1 Å². The lowest BCUT2D eigenvalue weighted by Gasteiger charge is -2.34. The topological polar surface area (TPSA) is 86.8 Å². The normalized spacial score (nSPS) is 12.8. The zero-order valence-corrected chi connectivity index (χ0v) is 24.4. The van der Waals surface area contributed by atoms with E-state index in [1.165, 1.54) is 4.90 Å². The SMILES string of the molecule is CC[C@H](C)NC(=O)[C@H](Cc1ccccc1)N(Cc1ccccc1Cl)C(=O)CN(c1ccc(C)cc1)S(C)(=O)=O. The number of benzene rings is 3. The second-order valence-corrected chi connectivity index (χ2v) is 12.1. The summed E-state index contributed by atoms with van der Waals surface area (Å²) in [5.74, 6) is -0.823. The van der Waals surface area contributed by atoms with Crippen molar-refractivity contribution < 1.29 is 18.0 Å². The minimum absolute atomic E-state index is 0.0371. The number of nitrogens with zero attached hydrogens (tertiary/aromatic N) is 2. The van der Waals surface area contributed by atoms with Crippen molar-refractivity contribution in [1.29, 1.82) is 0 Å². The maximum absolute atomic E-state index is 14.0. The number of hydrogen-bond donors (Lipinski definition) is 1. The van der Waals surface area contributed by atoms with E-state index >= 15 is 0 Å². The molecule has 0 radical (unpaired) electrons. The number of carbonyl (C=O) groups is 2. The second kappa shape index (κ2) is 13.6. The Morgan fingerprint density at radius 3 is 2.15 bits per heavy atom. The summed E-state index contributed by atoms with van der Waals surface area (Å²) in [5.41, 5.74) is 2.86. The summed E-state index contributed by atoms with van der Waals surface area (Å²) in [5, 5.41) is 3.46. The summed E-state index contributed by atoms with van der Waals surface area (Å²) in [6, 6.07) is 22.5. The van der Waals surface area contributed by atoms with Gasteiger partial charge in [-0.2, -0.15) is 0 Å². The Kier molecular flexibility index (Phi) is 10.5. The molecule has 0 saturated carbocycles. The first-order chi connectivity index (χ1) is 18.5. The van der Waals surface area contributed by atoms with Crippen molar-refractivity contribution >= 4 is 39.1 Å². The van der Waals surface area contributed by atoms with Crippen LogP contribution in [0.1, 0.15) is 37.0 Å². The number of hydrogen-bond acceptors (Lipinski definition) is 4. The summed E-state index contributed by atoms with van der Waals surface area (Å²) < 4.78 is 26.7. The Hall–Kier alpha value is -3.36. The third-order valence-electron chi connectivity index (χ3n) is 6.57. The van der Waals surface area contributed by atoms with Crippen LogP contribution in [0.5, 0.6) is 0 Å². The number of halogens is 1. The van der Waals surface area contributed by atoms with E-state index in [2.05, 4.69) is 5.32 Å². The van der Waals surface area contributed by atoms with Gasteiger partial charge < -0.3 is 10.2 Å². The van der Waals surface area contributed by atoms with Gasteiger partial charge in [-0.3, -0.25) is 13.9 Å². The van der Waals surface area contributed by atoms with Crippen LogP contribution in [0.2, 0.25) is 5.02 Å². The third kappa shape index (κ3) is 8.57. The van der Waals surface area contributed by atoms with E-state index in [0.717, 1.165) is 28.1 Å². The molecule has 208 valence electrons. The molecule has 0 aromatic heterocycles. The van der Waals surface area contributed by atoms with Crippen LogP contribution >= 0.6 is 11.6 Å². The average Bonchev–Trinajstić information content (AvgIpc) is 2.90. The minimum Gasteiger partial charge on any atom is -0.352 e. The molecule has 1 N–H and O–H groups in total. The van der Waals surface area contributed by atoms with Crippen LogP contribution in [0, 0.1) is 6.92 Å². The Morgan fingerprint density at radius 2 is 1.56 bits per heavy atom. The number of anilines is 1. The molecular formula is C30H36ClN3O4S. The second-order valence-electron chi connectivity index (χ2n) is 9.74.